The van der Waals surface area contributed by atoms with Crippen molar-refractivity contribution < 1.29 is 8.42 Å². The standard InChI is InChI=1S/C18H26N4O2S2/c1-15-18(25-14-19-15)17-7-5-16(6-8-17)13-21-9-4-10-22(12-11-21)26(23,24)20(2)3/h5-8,14H,4,9-13H2,1-3H3. The summed E-state index contributed by atoms with van der Waals surface area (Å²) in [6.07, 6.45) is 0.852. The molecule has 6 nitrogen and oxygen atoms in total. The molecule has 0 spiro atoms. The Morgan fingerprint density at radius 1 is 1.12 bits per heavy atom. The summed E-state index contributed by atoms with van der Waals surface area (Å²) in [6, 6.07) is 8.62. The fourth-order valence-corrected chi connectivity index (χ4v) is 5.11. The maximum Gasteiger partial charge on any atom is 0.281 e. The Bertz CT molecular complexity index is 831. The molecule has 1 aromatic heterocycles. The van der Waals surface area contributed by atoms with Crippen molar-refractivity contribution in [2.45, 2.75) is 19.9 Å². The van der Waals surface area contributed by atoms with Crippen LogP contribution in [-0.2, 0) is 16.8 Å². The average Bonchev–Trinajstić information content (AvgIpc) is 2.89. The Labute approximate surface area is 160 Å². The second kappa shape index (κ2) is 8.14. The van der Waals surface area contributed by atoms with Gasteiger partial charge in [-0.25, -0.2) is 4.98 Å². The van der Waals surface area contributed by atoms with E-state index in [2.05, 4.69) is 34.1 Å². The highest BCUT2D eigenvalue weighted by Crippen LogP contribution is 2.27. The summed E-state index contributed by atoms with van der Waals surface area (Å²) in [6.45, 7) is 5.67. The minimum atomic E-state index is -3.32. The summed E-state index contributed by atoms with van der Waals surface area (Å²) in [5.74, 6) is 0. The molecule has 0 N–H and O–H groups in total. The van der Waals surface area contributed by atoms with E-state index < -0.39 is 10.2 Å². The average molecular weight is 395 g/mol. The van der Waals surface area contributed by atoms with Crippen LogP contribution in [0.15, 0.2) is 29.8 Å². The van der Waals surface area contributed by atoms with Gasteiger partial charge in [0.1, 0.15) is 0 Å². The van der Waals surface area contributed by atoms with E-state index in [4.69, 9.17) is 0 Å². The van der Waals surface area contributed by atoms with Crippen LogP contribution in [0.25, 0.3) is 10.4 Å². The first kappa shape index (κ1) is 19.4. The molecule has 2 heterocycles. The molecule has 0 radical (unpaired) electrons. The number of rotatable bonds is 5. The smallest absolute Gasteiger partial charge is 0.281 e. The third kappa shape index (κ3) is 4.32. The molecule has 3 rings (SSSR count). The van der Waals surface area contributed by atoms with Crippen molar-refractivity contribution in [2.75, 3.05) is 40.3 Å². The fourth-order valence-electron chi connectivity index (χ4n) is 3.17. The highest BCUT2D eigenvalue weighted by Gasteiger charge is 2.26. The van der Waals surface area contributed by atoms with Crippen molar-refractivity contribution in [3.05, 3.63) is 41.0 Å². The SMILES string of the molecule is Cc1ncsc1-c1ccc(CN2CCCN(S(=O)(=O)N(C)C)CC2)cc1. The zero-order valence-electron chi connectivity index (χ0n) is 15.6. The van der Waals surface area contributed by atoms with E-state index in [-0.39, 0.29) is 0 Å². The maximum atomic E-state index is 12.3. The molecular formula is C18H26N4O2S2. The summed E-state index contributed by atoms with van der Waals surface area (Å²) in [4.78, 5) is 7.86. The van der Waals surface area contributed by atoms with E-state index in [1.54, 1.807) is 29.7 Å². The van der Waals surface area contributed by atoms with Gasteiger partial charge in [0.25, 0.3) is 10.2 Å². The highest BCUT2D eigenvalue weighted by atomic mass is 32.2. The molecule has 0 unspecified atom stereocenters. The Hall–Kier alpha value is -1.32. The highest BCUT2D eigenvalue weighted by molar-refractivity contribution is 7.86. The number of benzene rings is 1. The number of thiazole rings is 1. The van der Waals surface area contributed by atoms with E-state index in [9.17, 15) is 8.42 Å². The first-order valence-corrected chi connectivity index (χ1v) is 11.0. The first-order chi connectivity index (χ1) is 12.4. The van der Waals surface area contributed by atoms with Crippen molar-refractivity contribution in [3.8, 4) is 10.4 Å². The predicted molar refractivity (Wildman–Crippen MR) is 106 cm³/mol. The zero-order chi connectivity index (χ0) is 18.7. The lowest BCUT2D eigenvalue weighted by molar-refractivity contribution is 0.277. The number of aromatic nitrogens is 1. The third-order valence-corrected chi connectivity index (χ3v) is 7.62. The van der Waals surface area contributed by atoms with Crippen molar-refractivity contribution in [3.63, 3.8) is 0 Å². The van der Waals surface area contributed by atoms with Crippen molar-refractivity contribution in [1.29, 1.82) is 0 Å². The van der Waals surface area contributed by atoms with Crippen LogP contribution in [0, 0.1) is 6.92 Å². The van der Waals surface area contributed by atoms with E-state index in [0.717, 1.165) is 31.7 Å². The molecule has 0 atom stereocenters. The van der Waals surface area contributed by atoms with Crippen LogP contribution in [0.5, 0.6) is 0 Å². The van der Waals surface area contributed by atoms with E-state index in [0.29, 0.717) is 13.1 Å². The van der Waals surface area contributed by atoms with Gasteiger partial charge in [0, 0.05) is 40.3 Å². The van der Waals surface area contributed by atoms with Gasteiger partial charge < -0.3 is 0 Å². The van der Waals surface area contributed by atoms with Crippen LogP contribution in [0.4, 0.5) is 0 Å². The van der Waals surface area contributed by atoms with E-state index in [1.807, 2.05) is 12.4 Å². The fraction of sp³-hybridized carbons (Fsp3) is 0.500. The number of aryl methyl sites for hydroxylation is 1. The minimum absolute atomic E-state index is 0.540. The topological polar surface area (TPSA) is 56.8 Å². The summed E-state index contributed by atoms with van der Waals surface area (Å²) in [7, 11) is -0.144. The number of hydrogen-bond donors (Lipinski definition) is 0. The monoisotopic (exact) mass is 394 g/mol. The van der Waals surface area contributed by atoms with Crippen molar-refractivity contribution >= 4 is 21.5 Å². The molecule has 2 aromatic rings. The molecule has 1 aromatic carbocycles. The third-order valence-electron chi connectivity index (χ3n) is 4.70. The molecule has 1 aliphatic heterocycles. The van der Waals surface area contributed by atoms with E-state index in [1.165, 1.54) is 20.3 Å². The van der Waals surface area contributed by atoms with Gasteiger partial charge in [0.2, 0.25) is 0 Å². The van der Waals surface area contributed by atoms with Crippen LogP contribution in [0.1, 0.15) is 17.7 Å². The first-order valence-electron chi connectivity index (χ1n) is 8.77. The van der Waals surface area contributed by atoms with Crippen LogP contribution in [0.2, 0.25) is 0 Å². The normalized spacial score (nSPS) is 17.5. The molecule has 8 heteroatoms. The molecule has 142 valence electrons. The Kier molecular flexibility index (Phi) is 6.09. The summed E-state index contributed by atoms with van der Waals surface area (Å²) in [5.41, 5.74) is 5.40. The van der Waals surface area contributed by atoms with Crippen LogP contribution in [-0.4, -0.2) is 67.2 Å². The van der Waals surface area contributed by atoms with Gasteiger partial charge >= 0.3 is 0 Å². The number of hydrogen-bond acceptors (Lipinski definition) is 5. The second-order valence-electron chi connectivity index (χ2n) is 6.78. The minimum Gasteiger partial charge on any atom is -0.298 e. The number of nitrogens with zero attached hydrogens (tertiary/aromatic N) is 4. The lowest BCUT2D eigenvalue weighted by Gasteiger charge is -2.24. The van der Waals surface area contributed by atoms with Crippen LogP contribution in [0.3, 0.4) is 0 Å². The molecule has 1 fully saturated rings. The second-order valence-corrected chi connectivity index (χ2v) is 9.78. The lowest BCUT2D eigenvalue weighted by Crippen LogP contribution is -2.42. The van der Waals surface area contributed by atoms with Gasteiger partial charge in [-0.15, -0.1) is 11.3 Å². The van der Waals surface area contributed by atoms with Gasteiger partial charge in [-0.05, 0) is 31.0 Å². The molecule has 1 aliphatic rings. The van der Waals surface area contributed by atoms with Gasteiger partial charge in [0.05, 0.1) is 16.1 Å². The summed E-state index contributed by atoms with van der Waals surface area (Å²) >= 11 is 1.66. The predicted octanol–water partition coefficient (Wildman–Crippen LogP) is 2.43. The molecule has 0 saturated carbocycles. The molecule has 0 bridgehead atoms. The van der Waals surface area contributed by atoms with Crippen LogP contribution >= 0.6 is 11.3 Å². The Morgan fingerprint density at radius 3 is 2.46 bits per heavy atom. The van der Waals surface area contributed by atoms with Gasteiger partial charge in [-0.1, -0.05) is 24.3 Å². The van der Waals surface area contributed by atoms with Gasteiger partial charge in [0.15, 0.2) is 0 Å². The Morgan fingerprint density at radius 2 is 1.85 bits per heavy atom. The van der Waals surface area contributed by atoms with Crippen molar-refractivity contribution in [1.82, 2.24) is 18.5 Å². The largest absolute Gasteiger partial charge is 0.298 e. The molecule has 0 aliphatic carbocycles. The molecule has 0 amide bonds. The van der Waals surface area contributed by atoms with E-state index >= 15 is 0 Å². The van der Waals surface area contributed by atoms with Crippen molar-refractivity contribution in [2.24, 2.45) is 0 Å². The summed E-state index contributed by atoms with van der Waals surface area (Å²) < 4.78 is 27.5. The molecule has 26 heavy (non-hydrogen) atoms. The lowest BCUT2D eigenvalue weighted by atomic mass is 10.1. The van der Waals surface area contributed by atoms with Crippen LogP contribution < -0.4 is 0 Å². The van der Waals surface area contributed by atoms with Gasteiger partial charge in [-0.2, -0.15) is 17.0 Å². The molecule has 1 saturated heterocycles. The quantitative estimate of drug-likeness (QED) is 0.782. The summed E-state index contributed by atoms with van der Waals surface area (Å²) in [5, 5.41) is 0. The molecular weight excluding hydrogens is 368 g/mol. The Balaban J connectivity index is 1.62. The zero-order valence-corrected chi connectivity index (χ0v) is 17.2. The van der Waals surface area contributed by atoms with Gasteiger partial charge in [-0.3, -0.25) is 4.90 Å². The maximum absolute atomic E-state index is 12.3.